The molecule has 0 saturated carbocycles. The molecule has 6 heteroatoms. The Morgan fingerprint density at radius 3 is 2.59 bits per heavy atom. The van der Waals surface area contributed by atoms with Crippen LogP contribution in [0, 0.1) is 17.1 Å². The van der Waals surface area contributed by atoms with Crippen molar-refractivity contribution in [1.82, 2.24) is 0 Å². The Kier molecular flexibility index (Phi) is 4.80. The topological polar surface area (TPSA) is 88.5 Å². The second-order valence-electron chi connectivity index (χ2n) is 6.60. The molecule has 4 rings (SSSR count). The highest BCUT2D eigenvalue weighted by Gasteiger charge is 2.30. The smallest absolute Gasteiger partial charge is 0.205 e. The van der Waals surface area contributed by atoms with Crippen LogP contribution in [0.2, 0.25) is 0 Å². The highest BCUT2D eigenvalue weighted by molar-refractivity contribution is 5.57. The molecular weight excluding hydrogens is 371 g/mol. The van der Waals surface area contributed by atoms with E-state index < -0.39 is 5.92 Å². The lowest BCUT2D eigenvalue weighted by molar-refractivity contribution is 0.300. The summed E-state index contributed by atoms with van der Waals surface area (Å²) < 4.78 is 24.9. The van der Waals surface area contributed by atoms with Crippen molar-refractivity contribution in [3.05, 3.63) is 101 Å². The van der Waals surface area contributed by atoms with Gasteiger partial charge >= 0.3 is 0 Å². The van der Waals surface area contributed by atoms with E-state index in [4.69, 9.17) is 15.2 Å². The molecule has 0 unspecified atom stereocenters. The monoisotopic (exact) mass is 388 g/mol. The van der Waals surface area contributed by atoms with E-state index in [-0.39, 0.29) is 24.1 Å². The van der Waals surface area contributed by atoms with E-state index in [1.54, 1.807) is 36.4 Å². The van der Waals surface area contributed by atoms with Gasteiger partial charge in [0, 0.05) is 17.2 Å². The second-order valence-corrected chi connectivity index (χ2v) is 6.60. The fourth-order valence-corrected chi connectivity index (χ4v) is 3.32. The van der Waals surface area contributed by atoms with Crippen molar-refractivity contribution in [2.75, 3.05) is 0 Å². The summed E-state index contributed by atoms with van der Waals surface area (Å²) in [5, 5.41) is 19.3. The van der Waals surface area contributed by atoms with E-state index in [1.807, 2.05) is 12.1 Å². The lowest BCUT2D eigenvalue weighted by atomic mass is 9.83. The molecule has 3 N–H and O–H groups in total. The average molecular weight is 388 g/mol. The molecular formula is C23H17FN2O3. The number of allylic oxidation sites excluding steroid dienone is 1. The Balaban J connectivity index is 1.61. The van der Waals surface area contributed by atoms with Gasteiger partial charge in [-0.1, -0.05) is 36.4 Å². The van der Waals surface area contributed by atoms with Crippen LogP contribution in [0.1, 0.15) is 22.6 Å². The van der Waals surface area contributed by atoms with Gasteiger partial charge in [0.15, 0.2) is 0 Å². The number of hydrogen-bond donors (Lipinski definition) is 2. The molecule has 1 aliphatic rings. The molecule has 3 aromatic rings. The molecule has 0 fully saturated rings. The molecule has 5 nitrogen and oxygen atoms in total. The number of phenolic OH excluding ortho intramolecular Hbond substituents is 1. The number of nitrogens with two attached hydrogens (primary N) is 1. The van der Waals surface area contributed by atoms with Crippen LogP contribution in [0.5, 0.6) is 17.2 Å². The lowest BCUT2D eigenvalue weighted by Crippen LogP contribution is -2.20. The van der Waals surface area contributed by atoms with Gasteiger partial charge in [-0.3, -0.25) is 0 Å². The van der Waals surface area contributed by atoms with Crippen LogP contribution in [0.4, 0.5) is 4.39 Å². The van der Waals surface area contributed by atoms with Gasteiger partial charge in [0.1, 0.15) is 41.3 Å². The molecule has 1 heterocycles. The highest BCUT2D eigenvalue weighted by atomic mass is 19.1. The molecule has 3 aromatic carbocycles. The minimum atomic E-state index is -0.426. The SMILES string of the molecule is N#CC1=C(N)Oc2cc(O)ccc2[C@@H]1c1ccc(OCc2ccccc2F)cc1. The van der Waals surface area contributed by atoms with E-state index in [0.717, 1.165) is 11.1 Å². The summed E-state index contributed by atoms with van der Waals surface area (Å²) in [4.78, 5) is 0. The minimum absolute atomic E-state index is 0.00970. The summed E-state index contributed by atoms with van der Waals surface area (Å²) in [7, 11) is 0. The summed E-state index contributed by atoms with van der Waals surface area (Å²) in [5.74, 6) is 0.301. The van der Waals surface area contributed by atoms with Crippen molar-refractivity contribution >= 4 is 0 Å². The predicted molar refractivity (Wildman–Crippen MR) is 105 cm³/mol. The highest BCUT2D eigenvalue weighted by Crippen LogP contribution is 2.43. The van der Waals surface area contributed by atoms with Crippen LogP contribution in [-0.2, 0) is 6.61 Å². The summed E-state index contributed by atoms with van der Waals surface area (Å²) in [5.41, 5.74) is 8.24. The van der Waals surface area contributed by atoms with E-state index in [2.05, 4.69) is 6.07 Å². The quantitative estimate of drug-likeness (QED) is 0.695. The number of rotatable bonds is 4. The van der Waals surface area contributed by atoms with Crippen molar-refractivity contribution < 1.29 is 19.0 Å². The standard InChI is InChI=1S/C23H17FN2O3/c24-20-4-2-1-3-15(20)13-28-17-8-5-14(6-9-17)22-18-10-7-16(27)11-21(18)29-23(26)19(22)12-25/h1-11,22,27H,13,26H2/t22-/m0/s1. The van der Waals surface area contributed by atoms with E-state index in [1.165, 1.54) is 18.2 Å². The van der Waals surface area contributed by atoms with Crippen LogP contribution in [0.3, 0.4) is 0 Å². The Morgan fingerprint density at radius 1 is 1.10 bits per heavy atom. The van der Waals surface area contributed by atoms with E-state index >= 15 is 0 Å². The maximum Gasteiger partial charge on any atom is 0.205 e. The van der Waals surface area contributed by atoms with Gasteiger partial charge in [-0.2, -0.15) is 5.26 Å². The van der Waals surface area contributed by atoms with Gasteiger partial charge in [-0.15, -0.1) is 0 Å². The number of phenols is 1. The summed E-state index contributed by atoms with van der Waals surface area (Å²) >= 11 is 0. The van der Waals surface area contributed by atoms with Crippen molar-refractivity contribution in [1.29, 1.82) is 5.26 Å². The summed E-state index contributed by atoms with van der Waals surface area (Å²) in [6.07, 6.45) is 0. The van der Waals surface area contributed by atoms with Crippen LogP contribution < -0.4 is 15.2 Å². The zero-order valence-corrected chi connectivity index (χ0v) is 15.3. The van der Waals surface area contributed by atoms with Gasteiger partial charge in [0.05, 0.1) is 5.92 Å². The Labute approximate surface area is 167 Å². The number of nitriles is 1. The number of ether oxygens (including phenoxy) is 2. The number of hydrogen-bond acceptors (Lipinski definition) is 5. The molecule has 0 bridgehead atoms. The Hall–Kier alpha value is -3.98. The zero-order chi connectivity index (χ0) is 20.4. The maximum atomic E-state index is 13.7. The number of nitrogens with zero attached hydrogens (tertiary/aromatic N) is 1. The number of fused-ring (bicyclic) bond motifs is 1. The summed E-state index contributed by atoms with van der Waals surface area (Å²) in [6.45, 7) is 0.113. The van der Waals surface area contributed by atoms with Crippen molar-refractivity contribution in [2.45, 2.75) is 12.5 Å². The minimum Gasteiger partial charge on any atom is -0.508 e. The average Bonchev–Trinajstić information content (AvgIpc) is 2.72. The molecule has 0 saturated heterocycles. The van der Waals surface area contributed by atoms with Crippen LogP contribution in [0.25, 0.3) is 0 Å². The molecule has 29 heavy (non-hydrogen) atoms. The zero-order valence-electron chi connectivity index (χ0n) is 15.3. The van der Waals surface area contributed by atoms with Gasteiger partial charge in [0.2, 0.25) is 5.88 Å². The molecule has 1 aliphatic heterocycles. The third-order valence-electron chi connectivity index (χ3n) is 4.77. The third kappa shape index (κ3) is 3.58. The van der Waals surface area contributed by atoms with E-state index in [0.29, 0.717) is 22.6 Å². The molecule has 0 amide bonds. The number of benzene rings is 3. The van der Waals surface area contributed by atoms with Crippen molar-refractivity contribution in [3.63, 3.8) is 0 Å². The fraction of sp³-hybridized carbons (Fsp3) is 0.0870. The van der Waals surface area contributed by atoms with E-state index in [9.17, 15) is 14.8 Å². The van der Waals surface area contributed by atoms with Gasteiger partial charge in [-0.25, -0.2) is 4.39 Å². The van der Waals surface area contributed by atoms with Crippen molar-refractivity contribution in [3.8, 4) is 23.3 Å². The third-order valence-corrected chi connectivity index (χ3v) is 4.77. The maximum absolute atomic E-state index is 13.7. The fourth-order valence-electron chi connectivity index (χ4n) is 3.32. The molecule has 0 spiro atoms. The van der Waals surface area contributed by atoms with Crippen LogP contribution in [-0.4, -0.2) is 5.11 Å². The predicted octanol–water partition coefficient (Wildman–Crippen LogP) is 4.33. The molecule has 0 radical (unpaired) electrons. The lowest BCUT2D eigenvalue weighted by Gasteiger charge is -2.26. The summed E-state index contributed by atoms with van der Waals surface area (Å²) in [6, 6.07) is 20.5. The Morgan fingerprint density at radius 2 is 1.86 bits per heavy atom. The Bertz CT molecular complexity index is 1130. The first-order valence-electron chi connectivity index (χ1n) is 8.93. The first kappa shape index (κ1) is 18.4. The number of aromatic hydroxyl groups is 1. The van der Waals surface area contributed by atoms with Crippen LogP contribution in [0.15, 0.2) is 78.2 Å². The second kappa shape index (κ2) is 7.56. The van der Waals surface area contributed by atoms with Gasteiger partial charge < -0.3 is 20.3 Å². The normalized spacial score (nSPS) is 15.2. The molecule has 0 aromatic heterocycles. The molecule has 0 aliphatic carbocycles. The number of halogens is 1. The first-order chi connectivity index (χ1) is 14.1. The largest absolute Gasteiger partial charge is 0.508 e. The van der Waals surface area contributed by atoms with Crippen molar-refractivity contribution in [2.24, 2.45) is 5.73 Å². The molecule has 144 valence electrons. The van der Waals surface area contributed by atoms with Gasteiger partial charge in [0.25, 0.3) is 0 Å². The van der Waals surface area contributed by atoms with Crippen LogP contribution >= 0.6 is 0 Å². The first-order valence-corrected chi connectivity index (χ1v) is 8.93. The molecule has 1 atom stereocenters. The van der Waals surface area contributed by atoms with Gasteiger partial charge in [-0.05, 0) is 29.8 Å².